The van der Waals surface area contributed by atoms with Crippen LogP contribution in [0, 0.1) is 0 Å². The quantitative estimate of drug-likeness (QED) is 0.686. The minimum absolute atomic E-state index is 0.287. The highest BCUT2D eigenvalue weighted by Gasteiger charge is 2.48. The Bertz CT molecular complexity index is 1140. The molecular formula is C23H25ClN2O5S. The van der Waals surface area contributed by atoms with Crippen LogP contribution in [0.2, 0.25) is 5.02 Å². The fourth-order valence-corrected chi connectivity index (χ4v) is 6.00. The van der Waals surface area contributed by atoms with Crippen molar-refractivity contribution >= 4 is 33.5 Å². The highest BCUT2D eigenvalue weighted by molar-refractivity contribution is 7.88. The van der Waals surface area contributed by atoms with E-state index in [1.165, 1.54) is 0 Å². The van der Waals surface area contributed by atoms with E-state index >= 15 is 0 Å². The summed E-state index contributed by atoms with van der Waals surface area (Å²) in [6, 6.07) is 11.8. The second-order valence-corrected chi connectivity index (χ2v) is 10.7. The summed E-state index contributed by atoms with van der Waals surface area (Å²) in [6.45, 7) is 0. The molecule has 2 N–H and O–H groups in total. The summed E-state index contributed by atoms with van der Waals surface area (Å²) in [5.41, 5.74) is 1.45. The first-order valence-corrected chi connectivity index (χ1v) is 12.8. The van der Waals surface area contributed by atoms with Gasteiger partial charge in [-0.2, -0.15) is 0 Å². The average molecular weight is 477 g/mol. The summed E-state index contributed by atoms with van der Waals surface area (Å²) in [4.78, 5) is 27.9. The molecule has 0 unspecified atom stereocenters. The zero-order valence-corrected chi connectivity index (χ0v) is 19.1. The van der Waals surface area contributed by atoms with Gasteiger partial charge >= 0.3 is 5.97 Å². The second kappa shape index (κ2) is 8.84. The Morgan fingerprint density at radius 1 is 1.09 bits per heavy atom. The molecule has 0 spiro atoms. The summed E-state index contributed by atoms with van der Waals surface area (Å²) in [5.74, 6) is -2.32. The molecule has 9 heteroatoms. The predicted molar refractivity (Wildman–Crippen MR) is 121 cm³/mol. The van der Waals surface area contributed by atoms with Crippen molar-refractivity contribution in [2.45, 2.75) is 49.7 Å². The summed E-state index contributed by atoms with van der Waals surface area (Å²) in [7, 11) is -3.51. The van der Waals surface area contributed by atoms with E-state index < -0.39 is 40.0 Å². The molecule has 1 aliphatic heterocycles. The molecule has 0 radical (unpaired) electrons. The minimum Gasteiger partial charge on any atom is -0.481 e. The molecule has 4 rings (SSSR count). The summed E-state index contributed by atoms with van der Waals surface area (Å²) >= 11 is 6.07. The summed E-state index contributed by atoms with van der Waals surface area (Å²) in [5, 5.41) is 10.8. The first-order valence-electron chi connectivity index (χ1n) is 10.5. The highest BCUT2D eigenvalue weighted by Crippen LogP contribution is 2.46. The van der Waals surface area contributed by atoms with Crippen molar-refractivity contribution in [3.05, 3.63) is 70.2 Å². The molecule has 2 aliphatic rings. The lowest BCUT2D eigenvalue weighted by molar-refractivity contribution is -0.141. The molecule has 1 amide bonds. The maximum absolute atomic E-state index is 13.8. The van der Waals surface area contributed by atoms with Crippen molar-refractivity contribution < 1.29 is 23.1 Å². The van der Waals surface area contributed by atoms with Gasteiger partial charge in [0.25, 0.3) is 5.91 Å². The fraction of sp³-hybridized carbons (Fsp3) is 0.391. The third-order valence-electron chi connectivity index (χ3n) is 6.31. The Balaban J connectivity index is 1.89. The molecule has 1 aliphatic carbocycles. The van der Waals surface area contributed by atoms with E-state index in [1.54, 1.807) is 53.4 Å². The SMILES string of the molecule is CS(=O)(=O)N[C@@H]1CCCC[C@H]1N1C(=O)c2ccccc2[C@@H](C(=O)O)[C@@H]1c1ccc(Cl)cc1. The zero-order valence-electron chi connectivity index (χ0n) is 17.6. The van der Waals surface area contributed by atoms with E-state index in [-0.39, 0.29) is 5.91 Å². The number of rotatable bonds is 5. The molecule has 1 fully saturated rings. The minimum atomic E-state index is -3.51. The van der Waals surface area contributed by atoms with Gasteiger partial charge in [-0.3, -0.25) is 9.59 Å². The number of fused-ring (bicyclic) bond motifs is 1. The third-order valence-corrected chi connectivity index (χ3v) is 7.29. The Labute approximate surface area is 192 Å². The van der Waals surface area contributed by atoms with Crippen LogP contribution in [0.5, 0.6) is 0 Å². The van der Waals surface area contributed by atoms with E-state index in [1.807, 2.05) is 0 Å². The molecule has 0 bridgehead atoms. The molecule has 32 heavy (non-hydrogen) atoms. The van der Waals surface area contributed by atoms with E-state index in [9.17, 15) is 23.1 Å². The van der Waals surface area contributed by atoms with Crippen LogP contribution in [0.4, 0.5) is 0 Å². The molecule has 4 atom stereocenters. The second-order valence-electron chi connectivity index (χ2n) is 8.46. The van der Waals surface area contributed by atoms with Gasteiger partial charge in [-0.1, -0.05) is 54.8 Å². The van der Waals surface area contributed by atoms with Gasteiger partial charge in [-0.05, 0) is 42.2 Å². The van der Waals surface area contributed by atoms with Crippen molar-refractivity contribution in [2.24, 2.45) is 0 Å². The number of sulfonamides is 1. The standard InChI is InChI=1S/C23H25ClN2O5S/c1-32(30,31)25-18-8-4-5-9-19(18)26-21(14-10-12-15(24)13-11-14)20(23(28)29)16-6-2-3-7-17(16)22(26)27/h2-3,6-7,10-13,18-21,25H,4-5,8-9H2,1H3,(H,28,29)/t18-,19-,20-,21+/m1/s1. The molecule has 2 aromatic carbocycles. The van der Waals surface area contributed by atoms with Gasteiger partial charge < -0.3 is 10.0 Å². The van der Waals surface area contributed by atoms with Crippen LogP contribution in [-0.4, -0.2) is 48.6 Å². The molecule has 170 valence electrons. The van der Waals surface area contributed by atoms with Crippen molar-refractivity contribution in [3.8, 4) is 0 Å². The molecule has 0 aromatic heterocycles. The lowest BCUT2D eigenvalue weighted by Gasteiger charge is -2.48. The number of amides is 1. The number of carboxylic acid groups (broad SMARTS) is 1. The van der Waals surface area contributed by atoms with Crippen molar-refractivity contribution in [3.63, 3.8) is 0 Å². The largest absolute Gasteiger partial charge is 0.481 e. The van der Waals surface area contributed by atoms with Crippen LogP contribution in [0.1, 0.15) is 59.1 Å². The Kier molecular flexibility index (Phi) is 6.29. The number of hydrogen-bond donors (Lipinski definition) is 2. The monoisotopic (exact) mass is 476 g/mol. The zero-order chi connectivity index (χ0) is 23.0. The average Bonchev–Trinajstić information content (AvgIpc) is 2.73. The lowest BCUT2D eigenvalue weighted by Crippen LogP contribution is -2.58. The summed E-state index contributed by atoms with van der Waals surface area (Å²) < 4.78 is 26.8. The van der Waals surface area contributed by atoms with Crippen molar-refractivity contribution in [1.82, 2.24) is 9.62 Å². The van der Waals surface area contributed by atoms with E-state index in [0.717, 1.165) is 19.1 Å². The van der Waals surface area contributed by atoms with E-state index in [4.69, 9.17) is 11.6 Å². The smallest absolute Gasteiger partial charge is 0.313 e. The van der Waals surface area contributed by atoms with Crippen LogP contribution in [0.3, 0.4) is 0 Å². The van der Waals surface area contributed by atoms with E-state index in [2.05, 4.69) is 4.72 Å². The molecule has 1 heterocycles. The molecule has 0 saturated heterocycles. The fourth-order valence-electron chi connectivity index (χ4n) is 5.05. The number of nitrogens with one attached hydrogen (secondary N) is 1. The topological polar surface area (TPSA) is 104 Å². The number of carboxylic acids is 1. The van der Waals surface area contributed by atoms with Gasteiger partial charge in [0, 0.05) is 22.7 Å². The third kappa shape index (κ3) is 4.40. The van der Waals surface area contributed by atoms with Crippen molar-refractivity contribution in [2.75, 3.05) is 6.26 Å². The van der Waals surface area contributed by atoms with Gasteiger partial charge in [-0.25, -0.2) is 13.1 Å². The van der Waals surface area contributed by atoms with Gasteiger partial charge in [0.05, 0.1) is 12.3 Å². The number of benzene rings is 2. The maximum atomic E-state index is 13.8. The van der Waals surface area contributed by atoms with Crippen LogP contribution < -0.4 is 4.72 Å². The normalized spacial score (nSPS) is 25.9. The Morgan fingerprint density at radius 2 is 1.75 bits per heavy atom. The maximum Gasteiger partial charge on any atom is 0.313 e. The lowest BCUT2D eigenvalue weighted by atomic mass is 9.77. The van der Waals surface area contributed by atoms with Crippen LogP contribution >= 0.6 is 11.6 Å². The molecule has 1 saturated carbocycles. The first-order chi connectivity index (χ1) is 15.2. The summed E-state index contributed by atoms with van der Waals surface area (Å²) in [6.07, 6.45) is 3.91. The van der Waals surface area contributed by atoms with Crippen LogP contribution in [0.15, 0.2) is 48.5 Å². The highest BCUT2D eigenvalue weighted by atomic mass is 35.5. The number of hydrogen-bond acceptors (Lipinski definition) is 4. The molecule has 7 nitrogen and oxygen atoms in total. The number of carbonyl (C=O) groups excluding carboxylic acids is 1. The van der Waals surface area contributed by atoms with Crippen molar-refractivity contribution in [1.29, 1.82) is 0 Å². The predicted octanol–water partition coefficient (Wildman–Crippen LogP) is 3.57. The van der Waals surface area contributed by atoms with E-state index in [0.29, 0.717) is 34.6 Å². The van der Waals surface area contributed by atoms with Gasteiger partial charge in [0.1, 0.15) is 5.92 Å². The molecule has 2 aromatic rings. The number of aliphatic carboxylic acids is 1. The van der Waals surface area contributed by atoms with Gasteiger partial charge in [-0.15, -0.1) is 0 Å². The Morgan fingerprint density at radius 3 is 2.41 bits per heavy atom. The van der Waals surface area contributed by atoms with Gasteiger partial charge in [0.2, 0.25) is 10.0 Å². The first kappa shape index (κ1) is 22.8. The molecular weight excluding hydrogens is 452 g/mol. The Hall–Kier alpha value is -2.42. The number of halogens is 1. The van der Waals surface area contributed by atoms with Crippen LogP contribution in [0.25, 0.3) is 0 Å². The number of nitrogens with zero attached hydrogens (tertiary/aromatic N) is 1. The van der Waals surface area contributed by atoms with Crippen LogP contribution in [-0.2, 0) is 14.8 Å². The van der Waals surface area contributed by atoms with Gasteiger partial charge in [0.15, 0.2) is 0 Å². The number of carbonyl (C=O) groups is 2.